The number of nitrogens with zero attached hydrogens (tertiary/aromatic N) is 1. The minimum absolute atomic E-state index is 0.898. The van der Waals surface area contributed by atoms with E-state index in [9.17, 15) is 0 Å². The van der Waals surface area contributed by atoms with Crippen LogP contribution < -0.4 is 5.32 Å². The first-order valence-electron chi connectivity index (χ1n) is 7.83. The number of unbranched alkanes of at least 4 members (excludes halogenated alkanes) is 2. The fraction of sp³-hybridized carbons (Fsp3) is 1.00. The van der Waals surface area contributed by atoms with E-state index in [0.717, 1.165) is 6.04 Å². The Morgan fingerprint density at radius 3 is 2.59 bits per heavy atom. The van der Waals surface area contributed by atoms with Gasteiger partial charge in [0.1, 0.15) is 0 Å². The molecule has 0 aliphatic carbocycles. The quantitative estimate of drug-likeness (QED) is 0.589. The highest BCUT2D eigenvalue weighted by molar-refractivity contribution is 4.79. The molecule has 0 saturated carbocycles. The standard InChI is InChI=1S/C15H32N2/c1-3-5-11-16-12-7-9-15-10-8-14-17(15)13-6-4-2/h15-16H,3-14H2,1-2H3/t15-/m1/s1. The molecule has 0 aromatic carbocycles. The fourth-order valence-electron chi connectivity index (χ4n) is 2.77. The molecule has 1 rings (SSSR count). The van der Waals surface area contributed by atoms with E-state index in [0.29, 0.717) is 0 Å². The lowest BCUT2D eigenvalue weighted by molar-refractivity contribution is 0.236. The molecular formula is C15H32N2. The highest BCUT2D eigenvalue weighted by Crippen LogP contribution is 2.21. The topological polar surface area (TPSA) is 15.3 Å². The molecule has 0 spiro atoms. The molecule has 1 atom stereocenters. The van der Waals surface area contributed by atoms with Crippen molar-refractivity contribution in [3.63, 3.8) is 0 Å². The van der Waals surface area contributed by atoms with Crippen LogP contribution in [0.15, 0.2) is 0 Å². The van der Waals surface area contributed by atoms with Crippen molar-refractivity contribution >= 4 is 0 Å². The smallest absolute Gasteiger partial charge is 0.00962 e. The van der Waals surface area contributed by atoms with Crippen molar-refractivity contribution in [2.45, 2.75) is 71.3 Å². The average Bonchev–Trinajstić information content (AvgIpc) is 2.78. The van der Waals surface area contributed by atoms with Crippen molar-refractivity contribution in [1.82, 2.24) is 10.2 Å². The molecule has 0 unspecified atom stereocenters. The highest BCUT2D eigenvalue weighted by Gasteiger charge is 2.22. The predicted octanol–water partition coefficient (Wildman–Crippen LogP) is 3.42. The minimum Gasteiger partial charge on any atom is -0.317 e. The first kappa shape index (κ1) is 15.0. The molecule has 2 nitrogen and oxygen atoms in total. The second-order valence-electron chi connectivity index (χ2n) is 5.43. The molecule has 1 saturated heterocycles. The summed E-state index contributed by atoms with van der Waals surface area (Å²) >= 11 is 0. The number of hydrogen-bond acceptors (Lipinski definition) is 2. The normalized spacial score (nSPS) is 21.2. The molecule has 1 aliphatic heterocycles. The summed E-state index contributed by atoms with van der Waals surface area (Å²) < 4.78 is 0. The van der Waals surface area contributed by atoms with Gasteiger partial charge in [-0.05, 0) is 64.7 Å². The van der Waals surface area contributed by atoms with Crippen LogP contribution in [0.5, 0.6) is 0 Å². The van der Waals surface area contributed by atoms with E-state index in [1.54, 1.807) is 0 Å². The molecule has 102 valence electrons. The summed E-state index contributed by atoms with van der Waals surface area (Å²) in [6.45, 7) is 9.67. The van der Waals surface area contributed by atoms with Crippen LogP contribution in [-0.2, 0) is 0 Å². The van der Waals surface area contributed by atoms with Crippen LogP contribution in [0.1, 0.15) is 65.2 Å². The molecule has 17 heavy (non-hydrogen) atoms. The third-order valence-corrected chi connectivity index (χ3v) is 3.90. The van der Waals surface area contributed by atoms with Gasteiger partial charge in [-0.25, -0.2) is 0 Å². The third-order valence-electron chi connectivity index (χ3n) is 3.90. The molecule has 0 aromatic heterocycles. The lowest BCUT2D eigenvalue weighted by Crippen LogP contribution is -2.31. The van der Waals surface area contributed by atoms with Gasteiger partial charge in [0.25, 0.3) is 0 Å². The van der Waals surface area contributed by atoms with Crippen LogP contribution in [0, 0.1) is 0 Å². The van der Waals surface area contributed by atoms with Gasteiger partial charge in [0.05, 0.1) is 0 Å². The Morgan fingerprint density at radius 2 is 1.82 bits per heavy atom. The Hall–Kier alpha value is -0.0800. The van der Waals surface area contributed by atoms with Gasteiger partial charge in [-0.15, -0.1) is 0 Å². The van der Waals surface area contributed by atoms with Crippen molar-refractivity contribution < 1.29 is 0 Å². The molecule has 1 aliphatic rings. The predicted molar refractivity (Wildman–Crippen MR) is 76.5 cm³/mol. The van der Waals surface area contributed by atoms with Gasteiger partial charge >= 0.3 is 0 Å². The van der Waals surface area contributed by atoms with Crippen LogP contribution in [0.4, 0.5) is 0 Å². The van der Waals surface area contributed by atoms with E-state index in [2.05, 4.69) is 24.1 Å². The maximum atomic E-state index is 3.55. The largest absolute Gasteiger partial charge is 0.317 e. The number of nitrogens with one attached hydrogen (secondary N) is 1. The lowest BCUT2D eigenvalue weighted by atomic mass is 10.1. The molecule has 0 aromatic rings. The van der Waals surface area contributed by atoms with Crippen molar-refractivity contribution in [1.29, 1.82) is 0 Å². The van der Waals surface area contributed by atoms with Crippen LogP contribution in [0.25, 0.3) is 0 Å². The summed E-state index contributed by atoms with van der Waals surface area (Å²) in [4.78, 5) is 2.73. The SMILES string of the molecule is CCCCNCCC[C@@H]1CCCN1CCCC. The van der Waals surface area contributed by atoms with Crippen molar-refractivity contribution in [2.24, 2.45) is 0 Å². The van der Waals surface area contributed by atoms with Crippen LogP contribution in [0.3, 0.4) is 0 Å². The fourth-order valence-corrected chi connectivity index (χ4v) is 2.77. The van der Waals surface area contributed by atoms with E-state index >= 15 is 0 Å². The van der Waals surface area contributed by atoms with Gasteiger partial charge < -0.3 is 10.2 Å². The van der Waals surface area contributed by atoms with Gasteiger partial charge in [0.15, 0.2) is 0 Å². The van der Waals surface area contributed by atoms with Gasteiger partial charge in [-0.3, -0.25) is 0 Å². The number of likely N-dealkylation sites (tertiary alicyclic amines) is 1. The Labute approximate surface area is 108 Å². The molecule has 1 heterocycles. The monoisotopic (exact) mass is 240 g/mol. The third kappa shape index (κ3) is 6.42. The summed E-state index contributed by atoms with van der Waals surface area (Å²) in [6.07, 6.45) is 11.0. The van der Waals surface area contributed by atoms with E-state index in [-0.39, 0.29) is 0 Å². The van der Waals surface area contributed by atoms with Gasteiger partial charge in [0, 0.05) is 6.04 Å². The number of hydrogen-bond donors (Lipinski definition) is 1. The zero-order valence-electron chi connectivity index (χ0n) is 12.0. The molecule has 2 heteroatoms. The summed E-state index contributed by atoms with van der Waals surface area (Å²) in [5.41, 5.74) is 0. The van der Waals surface area contributed by atoms with E-state index in [1.807, 2.05) is 0 Å². The Morgan fingerprint density at radius 1 is 1.06 bits per heavy atom. The summed E-state index contributed by atoms with van der Waals surface area (Å²) in [5.74, 6) is 0. The van der Waals surface area contributed by atoms with Crippen LogP contribution >= 0.6 is 0 Å². The molecule has 0 radical (unpaired) electrons. The van der Waals surface area contributed by atoms with Gasteiger partial charge in [-0.1, -0.05) is 26.7 Å². The maximum Gasteiger partial charge on any atom is 0.00962 e. The first-order chi connectivity index (χ1) is 8.38. The minimum atomic E-state index is 0.898. The van der Waals surface area contributed by atoms with Crippen molar-refractivity contribution in [3.8, 4) is 0 Å². The highest BCUT2D eigenvalue weighted by atomic mass is 15.2. The zero-order chi connectivity index (χ0) is 12.3. The zero-order valence-corrected chi connectivity index (χ0v) is 12.0. The van der Waals surface area contributed by atoms with E-state index < -0.39 is 0 Å². The van der Waals surface area contributed by atoms with Gasteiger partial charge in [0.2, 0.25) is 0 Å². The molecular weight excluding hydrogens is 208 g/mol. The summed E-state index contributed by atoms with van der Waals surface area (Å²) in [5, 5.41) is 3.55. The van der Waals surface area contributed by atoms with Crippen molar-refractivity contribution in [3.05, 3.63) is 0 Å². The Balaban J connectivity index is 2.00. The van der Waals surface area contributed by atoms with Gasteiger partial charge in [-0.2, -0.15) is 0 Å². The first-order valence-corrected chi connectivity index (χ1v) is 7.83. The van der Waals surface area contributed by atoms with Crippen LogP contribution in [-0.4, -0.2) is 37.1 Å². The summed E-state index contributed by atoms with van der Waals surface area (Å²) in [7, 11) is 0. The molecule has 0 amide bonds. The molecule has 1 N–H and O–H groups in total. The second-order valence-corrected chi connectivity index (χ2v) is 5.43. The van der Waals surface area contributed by atoms with E-state index in [4.69, 9.17) is 0 Å². The number of rotatable bonds is 10. The van der Waals surface area contributed by atoms with Crippen molar-refractivity contribution in [2.75, 3.05) is 26.2 Å². The maximum absolute atomic E-state index is 3.55. The van der Waals surface area contributed by atoms with Crippen LogP contribution in [0.2, 0.25) is 0 Å². The lowest BCUT2D eigenvalue weighted by Gasteiger charge is -2.24. The Bertz CT molecular complexity index is 170. The van der Waals surface area contributed by atoms with E-state index in [1.165, 1.54) is 77.5 Å². The second kappa shape index (κ2) is 9.90. The summed E-state index contributed by atoms with van der Waals surface area (Å²) in [6, 6.07) is 0.898. The Kier molecular flexibility index (Phi) is 8.72. The molecule has 1 fully saturated rings. The average molecular weight is 240 g/mol. The molecule has 0 bridgehead atoms.